The first-order valence-corrected chi connectivity index (χ1v) is 10.6. The Labute approximate surface area is 168 Å². The first-order valence-electron chi connectivity index (χ1n) is 10.6. The highest BCUT2D eigenvalue weighted by molar-refractivity contribution is 5.60. The number of aromatic nitrogens is 4. The van der Waals surface area contributed by atoms with Crippen molar-refractivity contribution in [2.45, 2.75) is 53.0 Å². The lowest BCUT2D eigenvalue weighted by Gasteiger charge is -2.24. The van der Waals surface area contributed by atoms with E-state index < -0.39 is 0 Å². The van der Waals surface area contributed by atoms with Gasteiger partial charge in [0.15, 0.2) is 0 Å². The topological polar surface area (TPSA) is 58.9 Å². The quantitative estimate of drug-likeness (QED) is 0.853. The molecule has 0 bridgehead atoms. The molecule has 1 saturated heterocycles. The number of nitrogens with zero attached hydrogens (tertiary/aromatic N) is 5. The van der Waals surface area contributed by atoms with E-state index >= 15 is 0 Å². The van der Waals surface area contributed by atoms with Crippen LogP contribution in [0, 0.1) is 24.2 Å². The van der Waals surface area contributed by atoms with Gasteiger partial charge in [0.25, 0.3) is 0 Å². The Bertz CT molecular complexity index is 789. The maximum absolute atomic E-state index is 4.61. The fourth-order valence-electron chi connectivity index (χ4n) is 4.79. The van der Waals surface area contributed by atoms with E-state index in [9.17, 15) is 0 Å². The van der Waals surface area contributed by atoms with Crippen molar-refractivity contribution in [1.29, 1.82) is 0 Å². The second-order valence-electron chi connectivity index (χ2n) is 9.99. The average molecular weight is 383 g/mol. The fourth-order valence-corrected chi connectivity index (χ4v) is 4.79. The molecule has 3 atom stereocenters. The van der Waals surface area contributed by atoms with Crippen LogP contribution >= 0.6 is 0 Å². The monoisotopic (exact) mass is 382 g/mol. The summed E-state index contributed by atoms with van der Waals surface area (Å²) >= 11 is 0. The highest BCUT2D eigenvalue weighted by Gasteiger charge is 2.40. The minimum absolute atomic E-state index is 0.432. The molecule has 2 aliphatic rings. The summed E-state index contributed by atoms with van der Waals surface area (Å²) in [5.41, 5.74) is 3.35. The van der Waals surface area contributed by atoms with Crippen molar-refractivity contribution in [3.05, 3.63) is 24.3 Å². The van der Waals surface area contributed by atoms with E-state index in [1.54, 1.807) is 0 Å². The number of aryl methyl sites for hydroxylation is 2. The molecule has 28 heavy (non-hydrogen) atoms. The molecule has 4 rings (SSSR count). The molecule has 6 heteroatoms. The zero-order valence-electron chi connectivity index (χ0n) is 17.9. The number of hydrogen-bond donors (Lipinski definition) is 1. The van der Waals surface area contributed by atoms with E-state index in [4.69, 9.17) is 0 Å². The highest BCUT2D eigenvalue weighted by Crippen LogP contribution is 2.39. The Morgan fingerprint density at radius 1 is 1.11 bits per heavy atom. The molecule has 2 aromatic heterocycles. The predicted octanol–water partition coefficient (Wildman–Crippen LogP) is 3.74. The van der Waals surface area contributed by atoms with Gasteiger partial charge in [0.1, 0.15) is 5.82 Å². The SMILES string of the molecule is Cc1nn(C)cc1-c1cnc(NC2C[C@@H]3CN(CCC(C)(C)C)C[C@@H]3C2)cn1. The molecule has 152 valence electrons. The van der Waals surface area contributed by atoms with Gasteiger partial charge >= 0.3 is 0 Å². The van der Waals surface area contributed by atoms with Crippen LogP contribution in [0.3, 0.4) is 0 Å². The molecule has 1 aliphatic carbocycles. The Balaban J connectivity index is 1.29. The second-order valence-corrected chi connectivity index (χ2v) is 9.99. The molecule has 1 N–H and O–H groups in total. The number of likely N-dealkylation sites (tertiary alicyclic amines) is 1. The van der Waals surface area contributed by atoms with E-state index in [-0.39, 0.29) is 0 Å². The third-order valence-corrected chi connectivity index (χ3v) is 6.30. The summed E-state index contributed by atoms with van der Waals surface area (Å²) < 4.78 is 1.82. The van der Waals surface area contributed by atoms with E-state index in [0.717, 1.165) is 34.6 Å². The number of rotatable bonds is 5. The van der Waals surface area contributed by atoms with Crippen molar-refractivity contribution >= 4 is 5.82 Å². The summed E-state index contributed by atoms with van der Waals surface area (Å²) in [5, 5.41) is 8.01. The predicted molar refractivity (Wildman–Crippen MR) is 113 cm³/mol. The molecular weight excluding hydrogens is 348 g/mol. The Morgan fingerprint density at radius 3 is 2.36 bits per heavy atom. The molecule has 2 aromatic rings. The maximum atomic E-state index is 4.61. The van der Waals surface area contributed by atoms with Crippen molar-refractivity contribution in [3.63, 3.8) is 0 Å². The third kappa shape index (κ3) is 4.37. The Hall–Kier alpha value is -1.95. The second kappa shape index (κ2) is 7.47. The summed E-state index contributed by atoms with van der Waals surface area (Å²) in [6, 6.07) is 0.528. The normalized spacial score (nSPS) is 25.2. The molecule has 1 saturated carbocycles. The van der Waals surface area contributed by atoms with E-state index in [1.807, 2.05) is 37.2 Å². The van der Waals surface area contributed by atoms with Crippen molar-refractivity contribution in [2.75, 3.05) is 25.0 Å². The largest absolute Gasteiger partial charge is 0.366 e. The zero-order valence-corrected chi connectivity index (χ0v) is 17.9. The van der Waals surface area contributed by atoms with E-state index in [1.165, 1.54) is 38.9 Å². The minimum Gasteiger partial charge on any atom is -0.366 e. The maximum Gasteiger partial charge on any atom is 0.144 e. The standard InChI is InChI=1S/C22H34N6/c1-15-19(14-27(5)26-15)20-10-24-21(11-23-20)25-18-8-16-12-28(13-17(16)9-18)7-6-22(2,3)4/h10-11,14,16-18H,6-9,12-13H2,1-5H3,(H,24,25)/t16-,17+,18?. The van der Waals surface area contributed by atoms with Gasteiger partial charge in [-0.1, -0.05) is 20.8 Å². The first-order chi connectivity index (χ1) is 13.3. The lowest BCUT2D eigenvalue weighted by atomic mass is 9.92. The van der Waals surface area contributed by atoms with Crippen LogP contribution < -0.4 is 5.32 Å². The van der Waals surface area contributed by atoms with Gasteiger partial charge in [0.05, 0.1) is 23.8 Å². The molecular formula is C22H34N6. The van der Waals surface area contributed by atoms with Crippen molar-refractivity contribution < 1.29 is 0 Å². The van der Waals surface area contributed by atoms with Crippen LogP contribution in [0.25, 0.3) is 11.3 Å². The molecule has 6 nitrogen and oxygen atoms in total. The third-order valence-electron chi connectivity index (χ3n) is 6.30. The van der Waals surface area contributed by atoms with Gasteiger partial charge in [-0.25, -0.2) is 4.98 Å². The lowest BCUT2D eigenvalue weighted by molar-refractivity contribution is 0.250. The van der Waals surface area contributed by atoms with Crippen LogP contribution in [-0.2, 0) is 7.05 Å². The molecule has 0 spiro atoms. The minimum atomic E-state index is 0.432. The fraction of sp³-hybridized carbons (Fsp3) is 0.682. The van der Waals surface area contributed by atoms with Crippen molar-refractivity contribution in [2.24, 2.45) is 24.3 Å². The average Bonchev–Trinajstić information content (AvgIpc) is 3.26. The summed E-state index contributed by atoms with van der Waals surface area (Å²) in [5.74, 6) is 2.56. The molecule has 3 heterocycles. The Morgan fingerprint density at radius 2 is 1.82 bits per heavy atom. The summed E-state index contributed by atoms with van der Waals surface area (Å²) in [4.78, 5) is 11.9. The van der Waals surface area contributed by atoms with Crippen LogP contribution in [-0.4, -0.2) is 50.3 Å². The van der Waals surface area contributed by atoms with E-state index in [0.29, 0.717) is 11.5 Å². The number of hydrogen-bond acceptors (Lipinski definition) is 5. The van der Waals surface area contributed by atoms with Gasteiger partial charge < -0.3 is 10.2 Å². The highest BCUT2D eigenvalue weighted by atomic mass is 15.2. The number of nitrogens with one attached hydrogen (secondary N) is 1. The smallest absolute Gasteiger partial charge is 0.144 e. The summed E-state index contributed by atoms with van der Waals surface area (Å²) in [7, 11) is 1.93. The van der Waals surface area contributed by atoms with Gasteiger partial charge in [-0.15, -0.1) is 0 Å². The zero-order chi connectivity index (χ0) is 19.9. The van der Waals surface area contributed by atoms with Gasteiger partial charge in [-0.2, -0.15) is 5.10 Å². The molecule has 1 aliphatic heterocycles. The first kappa shape index (κ1) is 19.4. The lowest BCUT2D eigenvalue weighted by Crippen LogP contribution is -2.28. The van der Waals surface area contributed by atoms with Crippen LogP contribution in [0.5, 0.6) is 0 Å². The van der Waals surface area contributed by atoms with Crippen LogP contribution in [0.1, 0.15) is 45.7 Å². The van der Waals surface area contributed by atoms with Crippen molar-refractivity contribution in [3.8, 4) is 11.3 Å². The summed E-state index contributed by atoms with van der Waals surface area (Å²) in [6.07, 6.45) is 9.51. The molecule has 1 unspecified atom stereocenters. The van der Waals surface area contributed by atoms with Gasteiger partial charge in [0, 0.05) is 37.9 Å². The number of anilines is 1. The van der Waals surface area contributed by atoms with Crippen LogP contribution in [0.4, 0.5) is 5.82 Å². The summed E-state index contributed by atoms with van der Waals surface area (Å²) in [6.45, 7) is 12.8. The molecule has 0 radical (unpaired) electrons. The van der Waals surface area contributed by atoms with Gasteiger partial charge in [-0.3, -0.25) is 9.67 Å². The Kier molecular flexibility index (Phi) is 5.17. The van der Waals surface area contributed by atoms with E-state index in [2.05, 4.69) is 46.1 Å². The number of fused-ring (bicyclic) bond motifs is 1. The van der Waals surface area contributed by atoms with Gasteiger partial charge in [0.2, 0.25) is 0 Å². The van der Waals surface area contributed by atoms with Gasteiger partial charge in [-0.05, 0) is 50.0 Å². The van der Waals surface area contributed by atoms with Crippen LogP contribution in [0.15, 0.2) is 18.6 Å². The molecule has 2 fully saturated rings. The molecule has 0 aromatic carbocycles. The van der Waals surface area contributed by atoms with Crippen molar-refractivity contribution in [1.82, 2.24) is 24.6 Å². The molecule has 0 amide bonds. The van der Waals surface area contributed by atoms with Crippen LogP contribution in [0.2, 0.25) is 0 Å².